The van der Waals surface area contributed by atoms with Crippen LogP contribution in [0.2, 0.25) is 5.02 Å². The number of cyclic esters (lactones) is 1. The average Bonchev–Trinajstić information content (AvgIpc) is 3.08. The van der Waals surface area contributed by atoms with Gasteiger partial charge in [0.2, 0.25) is 5.90 Å². The van der Waals surface area contributed by atoms with Crippen molar-refractivity contribution in [3.8, 4) is 5.75 Å². The normalized spacial score (nSPS) is 14.6. The van der Waals surface area contributed by atoms with Gasteiger partial charge in [-0.25, -0.2) is 9.79 Å². The van der Waals surface area contributed by atoms with Crippen molar-refractivity contribution >= 4 is 29.5 Å². The van der Waals surface area contributed by atoms with Gasteiger partial charge in [0.25, 0.3) is 0 Å². The Bertz CT molecular complexity index is 1100. The maximum atomic E-state index is 12.1. The van der Waals surface area contributed by atoms with E-state index in [2.05, 4.69) is 24.0 Å². The maximum absolute atomic E-state index is 12.1. The van der Waals surface area contributed by atoms with Crippen LogP contribution in [0.4, 0.5) is 0 Å². The van der Waals surface area contributed by atoms with Gasteiger partial charge in [-0.15, -0.1) is 0 Å². The summed E-state index contributed by atoms with van der Waals surface area (Å²) in [6.07, 6.45) is 1.69. The Labute approximate surface area is 174 Å². The number of rotatable bonds is 5. The van der Waals surface area contributed by atoms with Gasteiger partial charge in [-0.1, -0.05) is 53.6 Å². The summed E-state index contributed by atoms with van der Waals surface area (Å²) in [6, 6.07) is 22.7. The molecule has 0 saturated carbocycles. The highest BCUT2D eigenvalue weighted by Gasteiger charge is 2.24. The molecule has 4 nitrogen and oxygen atoms in total. The summed E-state index contributed by atoms with van der Waals surface area (Å²) in [5.41, 5.74) is 4.11. The summed E-state index contributed by atoms with van der Waals surface area (Å²) in [5, 5.41) is 0.610. The lowest BCUT2D eigenvalue weighted by atomic mass is 10.1. The number of aliphatic imine (C=N–C) groups is 1. The predicted molar refractivity (Wildman–Crippen MR) is 114 cm³/mol. The SMILES string of the molecule is Cc1cccc(COc2ccc(/C=C3\N=C(c4ccc(Cl)cc4)OC3=O)cc2)c1. The zero-order valence-corrected chi connectivity index (χ0v) is 16.5. The number of nitrogens with zero attached hydrogens (tertiary/aromatic N) is 1. The van der Waals surface area contributed by atoms with Gasteiger partial charge in [0.1, 0.15) is 12.4 Å². The number of carbonyl (C=O) groups excluding carboxylic acids is 1. The van der Waals surface area contributed by atoms with Crippen molar-refractivity contribution in [2.75, 3.05) is 0 Å². The molecule has 3 aromatic carbocycles. The number of esters is 1. The van der Waals surface area contributed by atoms with Crippen LogP contribution in [0.3, 0.4) is 0 Å². The molecule has 1 aliphatic rings. The lowest BCUT2D eigenvalue weighted by Crippen LogP contribution is -2.05. The van der Waals surface area contributed by atoms with Crippen LogP contribution < -0.4 is 4.74 Å². The summed E-state index contributed by atoms with van der Waals surface area (Å²) in [6.45, 7) is 2.56. The van der Waals surface area contributed by atoms with Crippen LogP contribution in [0.5, 0.6) is 5.75 Å². The van der Waals surface area contributed by atoms with E-state index >= 15 is 0 Å². The van der Waals surface area contributed by atoms with E-state index in [0.717, 1.165) is 16.9 Å². The van der Waals surface area contributed by atoms with E-state index < -0.39 is 5.97 Å². The third-order valence-electron chi connectivity index (χ3n) is 4.38. The smallest absolute Gasteiger partial charge is 0.363 e. The predicted octanol–water partition coefficient (Wildman–Crippen LogP) is 5.57. The number of ether oxygens (including phenoxy) is 2. The molecule has 29 heavy (non-hydrogen) atoms. The number of benzene rings is 3. The second-order valence-corrected chi connectivity index (χ2v) is 7.13. The van der Waals surface area contributed by atoms with E-state index in [1.165, 1.54) is 5.56 Å². The number of halogens is 1. The summed E-state index contributed by atoms with van der Waals surface area (Å²) in [5.74, 6) is 0.554. The van der Waals surface area contributed by atoms with Crippen molar-refractivity contribution in [3.63, 3.8) is 0 Å². The summed E-state index contributed by atoms with van der Waals surface area (Å²) in [7, 11) is 0. The van der Waals surface area contributed by atoms with Gasteiger partial charge >= 0.3 is 5.97 Å². The van der Waals surface area contributed by atoms with E-state index in [9.17, 15) is 4.79 Å². The van der Waals surface area contributed by atoms with E-state index in [1.54, 1.807) is 30.3 Å². The Kier molecular flexibility index (Phi) is 5.45. The third-order valence-corrected chi connectivity index (χ3v) is 4.64. The van der Waals surface area contributed by atoms with E-state index in [-0.39, 0.29) is 11.6 Å². The number of carbonyl (C=O) groups is 1. The van der Waals surface area contributed by atoms with Gasteiger partial charge in [-0.2, -0.15) is 0 Å². The Hall–Kier alpha value is -3.37. The van der Waals surface area contributed by atoms with Gasteiger partial charge in [0, 0.05) is 10.6 Å². The minimum Gasteiger partial charge on any atom is -0.489 e. The zero-order valence-electron chi connectivity index (χ0n) is 15.8. The quantitative estimate of drug-likeness (QED) is 0.413. The summed E-state index contributed by atoms with van der Waals surface area (Å²) in [4.78, 5) is 16.4. The summed E-state index contributed by atoms with van der Waals surface area (Å²) < 4.78 is 11.1. The molecule has 0 N–H and O–H groups in total. The van der Waals surface area contributed by atoms with Crippen molar-refractivity contribution in [1.29, 1.82) is 0 Å². The minimum absolute atomic E-state index is 0.253. The molecule has 1 aliphatic heterocycles. The fourth-order valence-electron chi connectivity index (χ4n) is 2.91. The first kappa shape index (κ1) is 19.0. The standard InChI is InChI=1S/C24H18ClNO3/c1-16-3-2-4-18(13-16)15-28-21-11-5-17(6-12-21)14-22-24(27)29-23(26-22)19-7-9-20(25)10-8-19/h2-14H,15H2,1H3/b22-14-. The van der Waals surface area contributed by atoms with Crippen molar-refractivity contribution in [2.45, 2.75) is 13.5 Å². The molecule has 0 unspecified atom stereocenters. The van der Waals surface area contributed by atoms with Gasteiger partial charge in [0.15, 0.2) is 5.70 Å². The number of aryl methyl sites for hydroxylation is 1. The zero-order chi connectivity index (χ0) is 20.2. The molecule has 0 aromatic heterocycles. The molecule has 0 fully saturated rings. The molecular weight excluding hydrogens is 386 g/mol. The molecule has 0 atom stereocenters. The van der Waals surface area contributed by atoms with Gasteiger partial charge in [0.05, 0.1) is 0 Å². The minimum atomic E-state index is -0.477. The number of hydrogen-bond donors (Lipinski definition) is 0. The average molecular weight is 404 g/mol. The first-order valence-corrected chi connectivity index (χ1v) is 9.51. The molecule has 5 heteroatoms. The van der Waals surface area contributed by atoms with Crippen molar-refractivity contribution in [3.05, 3.63) is 106 Å². The second kappa shape index (κ2) is 8.33. The van der Waals surface area contributed by atoms with Crippen LogP contribution in [0.1, 0.15) is 22.3 Å². The van der Waals surface area contributed by atoms with Crippen LogP contribution in [0.25, 0.3) is 6.08 Å². The highest BCUT2D eigenvalue weighted by atomic mass is 35.5. The Balaban J connectivity index is 1.45. The highest BCUT2D eigenvalue weighted by Crippen LogP contribution is 2.22. The molecular formula is C24H18ClNO3. The third kappa shape index (κ3) is 4.73. The lowest BCUT2D eigenvalue weighted by Gasteiger charge is -2.07. The molecule has 0 saturated heterocycles. The van der Waals surface area contributed by atoms with E-state index in [4.69, 9.17) is 21.1 Å². The van der Waals surface area contributed by atoms with Crippen LogP contribution >= 0.6 is 11.6 Å². The molecule has 144 valence electrons. The summed E-state index contributed by atoms with van der Waals surface area (Å²) >= 11 is 5.89. The first-order valence-electron chi connectivity index (χ1n) is 9.14. The van der Waals surface area contributed by atoms with Crippen LogP contribution in [-0.4, -0.2) is 11.9 Å². The van der Waals surface area contributed by atoms with Crippen LogP contribution in [0, 0.1) is 6.92 Å². The molecule has 0 aliphatic carbocycles. The van der Waals surface area contributed by atoms with Crippen molar-refractivity contribution in [1.82, 2.24) is 0 Å². The van der Waals surface area contributed by atoms with Crippen LogP contribution in [-0.2, 0) is 16.1 Å². The van der Waals surface area contributed by atoms with Gasteiger partial charge < -0.3 is 9.47 Å². The molecule has 4 rings (SSSR count). The first-order chi connectivity index (χ1) is 14.1. The maximum Gasteiger partial charge on any atom is 0.363 e. The van der Waals surface area contributed by atoms with E-state index in [1.807, 2.05) is 36.4 Å². The monoisotopic (exact) mass is 403 g/mol. The van der Waals surface area contributed by atoms with E-state index in [0.29, 0.717) is 17.2 Å². The molecule has 0 bridgehead atoms. The lowest BCUT2D eigenvalue weighted by molar-refractivity contribution is -0.129. The second-order valence-electron chi connectivity index (χ2n) is 6.69. The van der Waals surface area contributed by atoms with Crippen LogP contribution in [0.15, 0.2) is 83.5 Å². The fourth-order valence-corrected chi connectivity index (χ4v) is 3.04. The Morgan fingerprint density at radius 1 is 1.03 bits per heavy atom. The van der Waals surface area contributed by atoms with Crippen molar-refractivity contribution < 1.29 is 14.3 Å². The molecule has 3 aromatic rings. The molecule has 0 amide bonds. The number of hydrogen-bond acceptors (Lipinski definition) is 4. The fraction of sp³-hybridized carbons (Fsp3) is 0.0833. The largest absolute Gasteiger partial charge is 0.489 e. The molecule has 0 radical (unpaired) electrons. The van der Waals surface area contributed by atoms with Gasteiger partial charge in [-0.05, 0) is 60.5 Å². The molecule has 0 spiro atoms. The Morgan fingerprint density at radius 2 is 1.79 bits per heavy atom. The van der Waals surface area contributed by atoms with Gasteiger partial charge in [-0.3, -0.25) is 0 Å². The highest BCUT2D eigenvalue weighted by molar-refractivity contribution is 6.30. The Morgan fingerprint density at radius 3 is 2.52 bits per heavy atom. The van der Waals surface area contributed by atoms with Crippen molar-refractivity contribution in [2.24, 2.45) is 4.99 Å². The topological polar surface area (TPSA) is 47.9 Å². The molecule has 1 heterocycles.